The Morgan fingerprint density at radius 2 is 2.05 bits per heavy atom. The molecule has 2 rings (SSSR count). The lowest BCUT2D eigenvalue weighted by Gasteiger charge is -2.26. The fourth-order valence-electron chi connectivity index (χ4n) is 2.07. The van der Waals surface area contributed by atoms with Crippen LogP contribution in [-0.2, 0) is 15.9 Å². The van der Waals surface area contributed by atoms with Gasteiger partial charge in [-0.25, -0.2) is 8.42 Å². The molecule has 0 amide bonds. The second-order valence-electron chi connectivity index (χ2n) is 5.39. The first-order valence-electron chi connectivity index (χ1n) is 6.62. The van der Waals surface area contributed by atoms with Crippen molar-refractivity contribution in [2.45, 2.75) is 43.5 Å². The Labute approximate surface area is 120 Å². The maximum absolute atomic E-state index is 12.7. The van der Waals surface area contributed by atoms with Gasteiger partial charge in [-0.15, -0.1) is 11.6 Å². The molecule has 0 unspecified atom stereocenters. The molecule has 1 fully saturated rings. The van der Waals surface area contributed by atoms with E-state index in [1.165, 1.54) is 0 Å². The number of rotatable bonds is 6. The number of hydrogen-bond donors (Lipinski definition) is 0. The summed E-state index contributed by atoms with van der Waals surface area (Å²) in [5.41, 5.74) is 0.831. The summed E-state index contributed by atoms with van der Waals surface area (Å²) >= 11 is 5.78. The Morgan fingerprint density at radius 3 is 2.58 bits per heavy atom. The van der Waals surface area contributed by atoms with Crippen molar-refractivity contribution in [3.63, 3.8) is 0 Å². The highest BCUT2D eigenvalue weighted by Gasteiger charge is 2.33. The maximum Gasteiger partial charge on any atom is 0.243 e. The summed E-state index contributed by atoms with van der Waals surface area (Å²) in [6.07, 6.45) is 2.28. The highest BCUT2D eigenvalue weighted by atomic mass is 35.5. The highest BCUT2D eigenvalue weighted by Crippen LogP contribution is 2.32. The molecule has 0 saturated heterocycles. The van der Waals surface area contributed by atoms with Crippen molar-refractivity contribution in [3.05, 3.63) is 29.8 Å². The monoisotopic (exact) mass is 301 g/mol. The number of benzene rings is 1. The fourth-order valence-corrected chi connectivity index (χ4v) is 4.02. The average molecular weight is 302 g/mol. The maximum atomic E-state index is 12.7. The molecule has 1 aromatic rings. The van der Waals surface area contributed by atoms with Crippen LogP contribution in [0.1, 0.15) is 32.3 Å². The molecular weight excluding hydrogens is 282 g/mol. The SMILES string of the molecule is CC(C)N(CC1CC1)S(=O)(=O)c1cccc(CCl)c1. The van der Waals surface area contributed by atoms with Gasteiger partial charge >= 0.3 is 0 Å². The molecule has 1 aliphatic carbocycles. The molecule has 0 radical (unpaired) electrons. The Kier molecular flexibility index (Phi) is 4.54. The van der Waals surface area contributed by atoms with Crippen LogP contribution in [0.5, 0.6) is 0 Å². The van der Waals surface area contributed by atoms with Crippen LogP contribution in [0.15, 0.2) is 29.2 Å². The first kappa shape index (κ1) is 14.8. The molecule has 0 aliphatic heterocycles. The van der Waals surface area contributed by atoms with Crippen molar-refractivity contribution in [1.82, 2.24) is 4.31 Å². The number of halogens is 1. The Hall–Kier alpha value is -0.580. The van der Waals surface area contributed by atoms with E-state index in [1.54, 1.807) is 22.5 Å². The van der Waals surface area contributed by atoms with Gasteiger partial charge in [0.05, 0.1) is 4.90 Å². The zero-order valence-corrected chi connectivity index (χ0v) is 12.9. The van der Waals surface area contributed by atoms with Gasteiger partial charge in [-0.2, -0.15) is 4.31 Å². The van der Waals surface area contributed by atoms with Crippen molar-refractivity contribution in [1.29, 1.82) is 0 Å². The summed E-state index contributed by atoms with van der Waals surface area (Å²) < 4.78 is 27.0. The van der Waals surface area contributed by atoms with E-state index in [9.17, 15) is 8.42 Å². The van der Waals surface area contributed by atoms with Gasteiger partial charge in [0.15, 0.2) is 0 Å². The molecule has 19 heavy (non-hydrogen) atoms. The summed E-state index contributed by atoms with van der Waals surface area (Å²) in [5, 5.41) is 0. The molecule has 5 heteroatoms. The molecule has 0 bridgehead atoms. The minimum absolute atomic E-state index is 0.0229. The zero-order valence-electron chi connectivity index (χ0n) is 11.3. The van der Waals surface area contributed by atoms with E-state index in [0.29, 0.717) is 23.2 Å². The molecule has 1 aliphatic rings. The Morgan fingerprint density at radius 1 is 1.37 bits per heavy atom. The quantitative estimate of drug-likeness (QED) is 0.757. The van der Waals surface area contributed by atoms with E-state index >= 15 is 0 Å². The molecular formula is C14H20ClNO2S. The first-order valence-corrected chi connectivity index (χ1v) is 8.59. The summed E-state index contributed by atoms with van der Waals surface area (Å²) in [6, 6.07) is 6.88. The third-order valence-corrected chi connectivity index (χ3v) is 5.72. The van der Waals surface area contributed by atoms with Crippen LogP contribution >= 0.6 is 11.6 Å². The van der Waals surface area contributed by atoms with Crippen LogP contribution in [-0.4, -0.2) is 25.3 Å². The fraction of sp³-hybridized carbons (Fsp3) is 0.571. The van der Waals surface area contributed by atoms with Crippen molar-refractivity contribution < 1.29 is 8.42 Å². The van der Waals surface area contributed by atoms with Gasteiger partial charge in [-0.1, -0.05) is 12.1 Å². The second-order valence-corrected chi connectivity index (χ2v) is 7.55. The molecule has 3 nitrogen and oxygen atoms in total. The lowest BCUT2D eigenvalue weighted by atomic mass is 10.2. The van der Waals surface area contributed by atoms with Crippen LogP contribution in [0.25, 0.3) is 0 Å². The van der Waals surface area contributed by atoms with Gasteiger partial charge in [0.2, 0.25) is 10.0 Å². The van der Waals surface area contributed by atoms with E-state index in [0.717, 1.165) is 18.4 Å². The third kappa shape index (κ3) is 3.50. The van der Waals surface area contributed by atoms with Gasteiger partial charge in [-0.3, -0.25) is 0 Å². The van der Waals surface area contributed by atoms with Gasteiger partial charge < -0.3 is 0 Å². The van der Waals surface area contributed by atoms with E-state index in [2.05, 4.69) is 0 Å². The van der Waals surface area contributed by atoms with Crippen LogP contribution < -0.4 is 0 Å². The van der Waals surface area contributed by atoms with E-state index in [4.69, 9.17) is 11.6 Å². The highest BCUT2D eigenvalue weighted by molar-refractivity contribution is 7.89. The molecule has 1 saturated carbocycles. The Bertz CT molecular complexity index is 538. The van der Waals surface area contributed by atoms with Crippen molar-refractivity contribution >= 4 is 21.6 Å². The van der Waals surface area contributed by atoms with Crippen molar-refractivity contribution in [3.8, 4) is 0 Å². The van der Waals surface area contributed by atoms with Crippen molar-refractivity contribution in [2.24, 2.45) is 5.92 Å². The van der Waals surface area contributed by atoms with Gasteiger partial charge in [0.1, 0.15) is 0 Å². The summed E-state index contributed by atoms with van der Waals surface area (Å²) in [5.74, 6) is 0.863. The molecule has 106 valence electrons. The normalized spacial score (nSPS) is 16.3. The second kappa shape index (κ2) is 5.81. The predicted molar refractivity (Wildman–Crippen MR) is 77.8 cm³/mol. The number of hydrogen-bond acceptors (Lipinski definition) is 2. The van der Waals surface area contributed by atoms with Crippen LogP contribution in [0.4, 0.5) is 0 Å². The standard InChI is InChI=1S/C14H20ClNO2S/c1-11(2)16(10-12-6-7-12)19(17,18)14-5-3-4-13(8-14)9-15/h3-5,8,11-12H,6-7,9-10H2,1-2H3. The largest absolute Gasteiger partial charge is 0.243 e. The van der Waals surface area contributed by atoms with Gasteiger partial charge in [0, 0.05) is 18.5 Å². The Balaban J connectivity index is 2.31. The molecule has 0 aromatic heterocycles. The van der Waals surface area contributed by atoms with E-state index in [-0.39, 0.29) is 6.04 Å². The molecule has 1 aromatic carbocycles. The van der Waals surface area contributed by atoms with Gasteiger partial charge in [0.25, 0.3) is 0 Å². The molecule has 0 heterocycles. The topological polar surface area (TPSA) is 37.4 Å². The smallest absolute Gasteiger partial charge is 0.207 e. The molecule has 0 spiro atoms. The van der Waals surface area contributed by atoms with Crippen molar-refractivity contribution in [2.75, 3.05) is 6.54 Å². The summed E-state index contributed by atoms with van der Waals surface area (Å²) in [4.78, 5) is 0.347. The van der Waals surface area contributed by atoms with Gasteiger partial charge in [-0.05, 0) is 50.3 Å². The van der Waals surface area contributed by atoms with Crippen LogP contribution in [0.3, 0.4) is 0 Å². The van der Waals surface area contributed by atoms with E-state index < -0.39 is 10.0 Å². The molecule has 0 N–H and O–H groups in total. The number of alkyl halides is 1. The number of nitrogens with zero attached hydrogens (tertiary/aromatic N) is 1. The first-order chi connectivity index (χ1) is 8.95. The predicted octanol–water partition coefficient (Wildman–Crippen LogP) is 3.23. The molecule has 0 atom stereocenters. The zero-order chi connectivity index (χ0) is 14.0. The minimum Gasteiger partial charge on any atom is -0.207 e. The van der Waals surface area contributed by atoms with Crippen LogP contribution in [0, 0.1) is 5.92 Å². The van der Waals surface area contributed by atoms with E-state index in [1.807, 2.05) is 19.9 Å². The lowest BCUT2D eigenvalue weighted by molar-refractivity contribution is 0.341. The summed E-state index contributed by atoms with van der Waals surface area (Å²) in [6.45, 7) is 4.47. The summed E-state index contributed by atoms with van der Waals surface area (Å²) in [7, 11) is -3.41. The number of sulfonamides is 1. The third-order valence-electron chi connectivity index (χ3n) is 3.37. The van der Waals surface area contributed by atoms with Crippen LogP contribution in [0.2, 0.25) is 0 Å². The lowest BCUT2D eigenvalue weighted by Crippen LogP contribution is -2.38. The average Bonchev–Trinajstić information content (AvgIpc) is 3.19. The minimum atomic E-state index is -3.41.